The molecule has 6 heteroatoms. The molecule has 0 aliphatic carbocycles. The minimum Gasteiger partial charge on any atom is -0.423 e. The second kappa shape index (κ2) is 3.49. The molecule has 0 aliphatic heterocycles. The van der Waals surface area contributed by atoms with Crippen molar-refractivity contribution < 1.29 is 14.8 Å². The Bertz CT molecular complexity index is 273. The van der Waals surface area contributed by atoms with Gasteiger partial charge in [-0.3, -0.25) is 4.79 Å². The average molecular weight is 235 g/mol. The average Bonchev–Trinajstić information content (AvgIpc) is 2.30. The zero-order valence-electron chi connectivity index (χ0n) is 5.32. The number of thiophene rings is 1. The molecule has 0 saturated heterocycles. The number of hydrogen-bond donors (Lipinski definition) is 2. The number of hydrogen-bond acceptors (Lipinski definition) is 4. The van der Waals surface area contributed by atoms with E-state index in [1.807, 2.05) is 0 Å². The maximum absolute atomic E-state index is 10.3. The first-order valence-corrected chi connectivity index (χ1v) is 4.36. The Kier molecular flexibility index (Phi) is 2.83. The second-order valence-electron chi connectivity index (χ2n) is 1.86. The lowest BCUT2D eigenvalue weighted by Gasteiger charge is -1.92. The van der Waals surface area contributed by atoms with E-state index in [2.05, 4.69) is 15.9 Å². The molecule has 1 rings (SSSR count). The highest BCUT2D eigenvalue weighted by Crippen LogP contribution is 2.17. The van der Waals surface area contributed by atoms with E-state index in [1.54, 1.807) is 6.07 Å². The largest absolute Gasteiger partial charge is 0.499 e. The summed E-state index contributed by atoms with van der Waals surface area (Å²) in [5.74, 6) is 0. The molecule has 0 aliphatic rings. The zero-order valence-corrected chi connectivity index (χ0v) is 7.72. The van der Waals surface area contributed by atoms with Crippen molar-refractivity contribution in [1.29, 1.82) is 0 Å². The molecule has 0 radical (unpaired) electrons. The zero-order chi connectivity index (χ0) is 8.43. The third-order valence-electron chi connectivity index (χ3n) is 1.12. The smallest absolute Gasteiger partial charge is 0.423 e. The lowest BCUT2D eigenvalue weighted by molar-refractivity contribution is 0.112. The second-order valence-corrected chi connectivity index (χ2v) is 4.32. The summed E-state index contributed by atoms with van der Waals surface area (Å²) >= 11 is 4.26. The van der Waals surface area contributed by atoms with E-state index >= 15 is 0 Å². The van der Waals surface area contributed by atoms with E-state index in [9.17, 15) is 4.79 Å². The van der Waals surface area contributed by atoms with Crippen molar-refractivity contribution >= 4 is 45.4 Å². The van der Waals surface area contributed by atoms with Crippen LogP contribution in [0.15, 0.2) is 9.85 Å². The molecular formula is C5H4BBrO3S. The van der Waals surface area contributed by atoms with Crippen molar-refractivity contribution in [3.05, 3.63) is 15.4 Å². The normalized spacial score (nSPS) is 9.73. The molecule has 0 spiro atoms. The van der Waals surface area contributed by atoms with Crippen molar-refractivity contribution in [3.8, 4) is 0 Å². The molecule has 0 saturated carbocycles. The van der Waals surface area contributed by atoms with Gasteiger partial charge >= 0.3 is 7.12 Å². The van der Waals surface area contributed by atoms with Gasteiger partial charge in [-0.05, 0) is 22.0 Å². The highest BCUT2D eigenvalue weighted by molar-refractivity contribution is 9.11. The van der Waals surface area contributed by atoms with Crippen LogP contribution in [0.4, 0.5) is 0 Å². The van der Waals surface area contributed by atoms with Crippen LogP contribution in [0.3, 0.4) is 0 Å². The molecule has 1 aromatic rings. The fourth-order valence-corrected chi connectivity index (χ4v) is 2.18. The summed E-state index contributed by atoms with van der Waals surface area (Å²) < 4.78 is 0.981. The summed E-state index contributed by atoms with van der Waals surface area (Å²) in [4.78, 5) is 10.3. The van der Waals surface area contributed by atoms with Crippen molar-refractivity contribution in [2.24, 2.45) is 0 Å². The molecule has 0 bridgehead atoms. The minimum atomic E-state index is -1.56. The topological polar surface area (TPSA) is 57.5 Å². The quantitative estimate of drug-likeness (QED) is 0.560. The fraction of sp³-hybridized carbons (Fsp3) is 0. The lowest BCUT2D eigenvalue weighted by Crippen LogP contribution is -2.29. The first-order valence-electron chi connectivity index (χ1n) is 2.75. The molecule has 3 nitrogen and oxygen atoms in total. The third-order valence-corrected chi connectivity index (χ3v) is 2.82. The number of carbonyl (C=O) groups is 1. The molecule has 0 amide bonds. The molecule has 0 atom stereocenters. The molecule has 1 heterocycles. The minimum absolute atomic E-state index is 0.270. The maximum atomic E-state index is 10.3. The highest BCUT2D eigenvalue weighted by Gasteiger charge is 2.18. The molecule has 1 aromatic heterocycles. The number of carbonyl (C=O) groups excluding carboxylic acids is 1. The Morgan fingerprint density at radius 2 is 2.27 bits per heavy atom. The van der Waals surface area contributed by atoms with Gasteiger partial charge in [-0.25, -0.2) is 0 Å². The van der Waals surface area contributed by atoms with Crippen molar-refractivity contribution in [2.75, 3.05) is 0 Å². The molecule has 11 heavy (non-hydrogen) atoms. The van der Waals surface area contributed by atoms with E-state index in [1.165, 1.54) is 0 Å². The standard InChI is InChI=1S/C5H4BBrO3S/c7-4-1-3(2-8)5(11-4)6(9)10/h1-2,9-10H. The lowest BCUT2D eigenvalue weighted by atomic mass is 9.87. The van der Waals surface area contributed by atoms with Gasteiger partial charge in [-0.15, -0.1) is 11.3 Å². The molecule has 0 fully saturated rings. The number of halogens is 1. The van der Waals surface area contributed by atoms with Gasteiger partial charge in [-0.2, -0.15) is 0 Å². The van der Waals surface area contributed by atoms with Crippen LogP contribution in [0.2, 0.25) is 0 Å². The Balaban J connectivity index is 3.11. The van der Waals surface area contributed by atoms with Crippen LogP contribution in [0, 0.1) is 0 Å². The number of rotatable bonds is 2. The summed E-state index contributed by atoms with van der Waals surface area (Å²) in [6, 6.07) is 1.55. The van der Waals surface area contributed by atoms with Crippen LogP contribution >= 0.6 is 27.3 Å². The van der Waals surface area contributed by atoms with Gasteiger partial charge in [0.1, 0.15) is 0 Å². The van der Waals surface area contributed by atoms with Gasteiger partial charge in [0.15, 0.2) is 6.29 Å². The van der Waals surface area contributed by atoms with Gasteiger partial charge in [0.25, 0.3) is 0 Å². The summed E-state index contributed by atoms with van der Waals surface area (Å²) in [5.41, 5.74) is 0.317. The summed E-state index contributed by atoms with van der Waals surface area (Å²) in [6.45, 7) is 0. The van der Waals surface area contributed by atoms with E-state index < -0.39 is 7.12 Å². The molecule has 0 aromatic carbocycles. The predicted octanol–water partition coefficient (Wildman–Crippen LogP) is 0.00290. The maximum Gasteiger partial charge on any atom is 0.499 e. The van der Waals surface area contributed by atoms with E-state index in [-0.39, 0.29) is 4.78 Å². The first kappa shape index (κ1) is 8.93. The molecule has 0 unspecified atom stereocenters. The van der Waals surface area contributed by atoms with Crippen LogP contribution < -0.4 is 4.78 Å². The highest BCUT2D eigenvalue weighted by atomic mass is 79.9. The van der Waals surface area contributed by atoms with Gasteiger partial charge in [0.2, 0.25) is 0 Å². The Morgan fingerprint density at radius 1 is 1.64 bits per heavy atom. The predicted molar refractivity (Wildman–Crippen MR) is 47.2 cm³/mol. The molecular weight excluding hydrogens is 231 g/mol. The molecule has 2 N–H and O–H groups in total. The van der Waals surface area contributed by atoms with Gasteiger partial charge in [-0.1, -0.05) is 0 Å². The first-order chi connectivity index (χ1) is 5.15. The van der Waals surface area contributed by atoms with Crippen molar-refractivity contribution in [1.82, 2.24) is 0 Å². The summed E-state index contributed by atoms with van der Waals surface area (Å²) in [6.07, 6.45) is 0.593. The molecule has 58 valence electrons. The van der Waals surface area contributed by atoms with Crippen LogP contribution in [0.5, 0.6) is 0 Å². The Hall–Kier alpha value is -0.165. The SMILES string of the molecule is O=Cc1cc(Br)sc1B(O)O. The monoisotopic (exact) mass is 234 g/mol. The van der Waals surface area contributed by atoms with E-state index in [0.717, 1.165) is 11.3 Å². The van der Waals surface area contributed by atoms with Gasteiger partial charge < -0.3 is 10.0 Å². The Labute approximate surface area is 75.9 Å². The van der Waals surface area contributed by atoms with Crippen LogP contribution in [-0.2, 0) is 0 Å². The van der Waals surface area contributed by atoms with Crippen LogP contribution in [0.25, 0.3) is 0 Å². The third kappa shape index (κ3) is 1.90. The Morgan fingerprint density at radius 3 is 2.64 bits per heavy atom. The van der Waals surface area contributed by atoms with Crippen molar-refractivity contribution in [2.45, 2.75) is 0 Å². The summed E-state index contributed by atoms with van der Waals surface area (Å²) in [7, 11) is -1.56. The van der Waals surface area contributed by atoms with Crippen LogP contribution in [0.1, 0.15) is 10.4 Å². The van der Waals surface area contributed by atoms with Gasteiger partial charge in [0, 0.05) is 10.3 Å². The van der Waals surface area contributed by atoms with E-state index in [4.69, 9.17) is 10.0 Å². The summed E-state index contributed by atoms with van der Waals surface area (Å²) in [5, 5.41) is 17.5. The fourth-order valence-electron chi connectivity index (χ4n) is 0.681. The number of aldehydes is 1. The van der Waals surface area contributed by atoms with Crippen molar-refractivity contribution in [3.63, 3.8) is 0 Å². The van der Waals surface area contributed by atoms with E-state index in [0.29, 0.717) is 15.6 Å². The van der Waals surface area contributed by atoms with Crippen LogP contribution in [-0.4, -0.2) is 23.5 Å². The van der Waals surface area contributed by atoms with Gasteiger partial charge in [0.05, 0.1) is 3.79 Å².